The van der Waals surface area contributed by atoms with Crippen LogP contribution < -0.4 is 10.1 Å². The molecule has 0 aliphatic carbocycles. The number of hydrogen-bond acceptors (Lipinski definition) is 2. The second-order valence-corrected chi connectivity index (χ2v) is 7.21. The Hall–Kier alpha value is -2.36. The van der Waals surface area contributed by atoms with Gasteiger partial charge in [-0.2, -0.15) is 0 Å². The predicted molar refractivity (Wildman–Crippen MR) is 92.0 cm³/mol. The Balaban J connectivity index is 1.62. The molecule has 3 rings (SSSR count). The van der Waals surface area contributed by atoms with Gasteiger partial charge in [0.25, 0.3) is 5.91 Å². The van der Waals surface area contributed by atoms with Crippen LogP contribution >= 0.6 is 0 Å². The molecule has 1 aliphatic heterocycles. The lowest BCUT2D eigenvalue weighted by Crippen LogP contribution is -2.34. The van der Waals surface area contributed by atoms with E-state index in [2.05, 4.69) is 38.2 Å². The maximum atomic E-state index is 13.6. The summed E-state index contributed by atoms with van der Waals surface area (Å²) in [6, 6.07) is 12.2. The van der Waals surface area contributed by atoms with Crippen molar-refractivity contribution >= 4 is 5.91 Å². The second kappa shape index (κ2) is 6.27. The number of ether oxygens (including phenoxy) is 1. The molecule has 0 bridgehead atoms. The minimum absolute atomic E-state index is 0.0584. The van der Waals surface area contributed by atoms with Crippen molar-refractivity contribution in [2.24, 2.45) is 0 Å². The number of hydrogen-bond donors (Lipinski definition) is 1. The lowest BCUT2D eigenvalue weighted by Gasteiger charge is -2.19. The van der Waals surface area contributed by atoms with Crippen LogP contribution in [-0.2, 0) is 11.8 Å². The van der Waals surface area contributed by atoms with Crippen LogP contribution in [0.3, 0.4) is 0 Å². The molecular formula is C20H22FNO2. The highest BCUT2D eigenvalue weighted by atomic mass is 19.1. The number of nitrogens with one attached hydrogen (secondary N) is 1. The number of carbonyl (C=O) groups is 1. The van der Waals surface area contributed by atoms with Gasteiger partial charge in [-0.25, -0.2) is 4.39 Å². The lowest BCUT2D eigenvalue weighted by molar-refractivity contribution is 0.0929. The van der Waals surface area contributed by atoms with E-state index < -0.39 is 11.7 Å². The van der Waals surface area contributed by atoms with Crippen molar-refractivity contribution in [3.8, 4) is 5.75 Å². The van der Waals surface area contributed by atoms with E-state index in [0.717, 1.165) is 17.7 Å². The monoisotopic (exact) mass is 327 g/mol. The Morgan fingerprint density at radius 1 is 1.25 bits per heavy atom. The Kier molecular flexibility index (Phi) is 4.31. The first-order valence-electron chi connectivity index (χ1n) is 8.17. The zero-order valence-electron chi connectivity index (χ0n) is 14.2. The summed E-state index contributed by atoms with van der Waals surface area (Å²) in [7, 11) is 0. The largest absolute Gasteiger partial charge is 0.488 e. The normalized spacial score (nSPS) is 16.4. The van der Waals surface area contributed by atoms with Gasteiger partial charge in [0.2, 0.25) is 0 Å². The second-order valence-electron chi connectivity index (χ2n) is 7.21. The third-order valence-corrected chi connectivity index (χ3v) is 4.28. The third-order valence-electron chi connectivity index (χ3n) is 4.28. The van der Waals surface area contributed by atoms with E-state index in [0.29, 0.717) is 6.54 Å². The van der Waals surface area contributed by atoms with Gasteiger partial charge in [-0.1, -0.05) is 45.0 Å². The number of fused-ring (bicyclic) bond motifs is 1. The fraction of sp³-hybridized carbons (Fsp3) is 0.350. The Morgan fingerprint density at radius 3 is 2.71 bits per heavy atom. The topological polar surface area (TPSA) is 38.3 Å². The molecule has 4 heteroatoms. The van der Waals surface area contributed by atoms with E-state index in [4.69, 9.17) is 4.74 Å². The van der Waals surface area contributed by atoms with E-state index in [1.807, 2.05) is 6.07 Å². The highest BCUT2D eigenvalue weighted by molar-refractivity contribution is 5.94. The van der Waals surface area contributed by atoms with Crippen LogP contribution in [0.1, 0.15) is 42.3 Å². The summed E-state index contributed by atoms with van der Waals surface area (Å²) in [4.78, 5) is 12.1. The Bertz CT molecular complexity index is 764. The lowest BCUT2D eigenvalue weighted by atomic mass is 9.86. The zero-order valence-corrected chi connectivity index (χ0v) is 14.2. The van der Waals surface area contributed by atoms with Crippen LogP contribution in [0.2, 0.25) is 0 Å². The van der Waals surface area contributed by atoms with Crippen molar-refractivity contribution in [3.05, 3.63) is 65.0 Å². The number of amides is 1. The molecule has 1 atom stereocenters. The molecule has 0 saturated heterocycles. The van der Waals surface area contributed by atoms with Crippen molar-refractivity contribution in [3.63, 3.8) is 0 Å². The number of benzene rings is 2. The van der Waals surface area contributed by atoms with Gasteiger partial charge in [0.15, 0.2) is 0 Å². The van der Waals surface area contributed by atoms with Crippen molar-refractivity contribution < 1.29 is 13.9 Å². The molecule has 1 N–H and O–H groups in total. The van der Waals surface area contributed by atoms with E-state index in [9.17, 15) is 9.18 Å². The molecule has 0 radical (unpaired) electrons. The first-order valence-corrected chi connectivity index (χ1v) is 8.17. The Morgan fingerprint density at radius 2 is 2.00 bits per heavy atom. The maximum absolute atomic E-state index is 13.6. The van der Waals surface area contributed by atoms with Crippen molar-refractivity contribution in [1.82, 2.24) is 5.32 Å². The molecule has 0 fully saturated rings. The van der Waals surface area contributed by atoms with E-state index in [1.165, 1.54) is 17.7 Å². The average molecular weight is 327 g/mol. The van der Waals surface area contributed by atoms with Gasteiger partial charge in [0, 0.05) is 6.42 Å². The molecule has 3 nitrogen and oxygen atoms in total. The molecule has 126 valence electrons. The Labute approximate surface area is 141 Å². The summed E-state index contributed by atoms with van der Waals surface area (Å²) >= 11 is 0. The van der Waals surface area contributed by atoms with Crippen LogP contribution in [0.5, 0.6) is 5.75 Å². The van der Waals surface area contributed by atoms with Gasteiger partial charge in [-0.3, -0.25) is 4.79 Å². The highest BCUT2D eigenvalue weighted by Crippen LogP contribution is 2.33. The van der Waals surface area contributed by atoms with Crippen LogP contribution in [0.4, 0.5) is 4.39 Å². The van der Waals surface area contributed by atoms with Gasteiger partial charge in [-0.15, -0.1) is 0 Å². The maximum Gasteiger partial charge on any atom is 0.254 e. The van der Waals surface area contributed by atoms with Crippen molar-refractivity contribution in [2.75, 3.05) is 6.54 Å². The van der Waals surface area contributed by atoms with Crippen LogP contribution in [0.25, 0.3) is 0 Å². The molecule has 2 aromatic carbocycles. The molecule has 24 heavy (non-hydrogen) atoms. The van der Waals surface area contributed by atoms with Crippen LogP contribution in [-0.4, -0.2) is 18.6 Å². The van der Waals surface area contributed by atoms with Gasteiger partial charge in [0.05, 0.1) is 12.1 Å². The average Bonchev–Trinajstić information content (AvgIpc) is 2.94. The van der Waals surface area contributed by atoms with Crippen LogP contribution in [0.15, 0.2) is 42.5 Å². The van der Waals surface area contributed by atoms with Gasteiger partial charge >= 0.3 is 0 Å². The van der Waals surface area contributed by atoms with Gasteiger partial charge < -0.3 is 10.1 Å². The molecular weight excluding hydrogens is 305 g/mol. The predicted octanol–water partition coefficient (Wildman–Crippen LogP) is 3.86. The van der Waals surface area contributed by atoms with E-state index in [1.54, 1.807) is 12.1 Å². The summed E-state index contributed by atoms with van der Waals surface area (Å²) in [5.41, 5.74) is 2.57. The first-order chi connectivity index (χ1) is 11.3. The first kappa shape index (κ1) is 16.5. The standard InChI is InChI=1S/C20H22FNO2/c1-20(2,3)14-8-9-18-13(10-14)11-15(24-18)12-22-19(23)16-6-4-5-7-17(16)21/h4-10,15H,11-12H2,1-3H3,(H,22,23). The number of carbonyl (C=O) groups excluding carboxylic acids is 1. The molecule has 1 heterocycles. The van der Waals surface area contributed by atoms with E-state index >= 15 is 0 Å². The summed E-state index contributed by atoms with van der Waals surface area (Å²) < 4.78 is 19.5. The summed E-state index contributed by atoms with van der Waals surface area (Å²) in [6.45, 7) is 6.89. The van der Waals surface area contributed by atoms with Crippen molar-refractivity contribution in [1.29, 1.82) is 0 Å². The third kappa shape index (κ3) is 3.42. The quantitative estimate of drug-likeness (QED) is 0.930. The van der Waals surface area contributed by atoms with Crippen molar-refractivity contribution in [2.45, 2.75) is 38.7 Å². The molecule has 0 saturated carbocycles. The molecule has 1 aliphatic rings. The van der Waals surface area contributed by atoms with E-state index in [-0.39, 0.29) is 17.1 Å². The van der Waals surface area contributed by atoms with Gasteiger partial charge in [-0.05, 0) is 34.7 Å². The number of halogens is 1. The molecule has 1 amide bonds. The highest BCUT2D eigenvalue weighted by Gasteiger charge is 2.25. The molecule has 1 unspecified atom stereocenters. The van der Waals surface area contributed by atoms with Crippen LogP contribution in [0, 0.1) is 5.82 Å². The SMILES string of the molecule is CC(C)(C)c1ccc2c(c1)CC(CNC(=O)c1ccccc1F)O2. The molecule has 0 aromatic heterocycles. The summed E-state index contributed by atoms with van der Waals surface area (Å²) in [5, 5.41) is 2.76. The zero-order chi connectivity index (χ0) is 17.3. The fourth-order valence-corrected chi connectivity index (χ4v) is 2.85. The minimum atomic E-state index is -0.513. The number of rotatable bonds is 3. The summed E-state index contributed by atoms with van der Waals surface area (Å²) in [6.07, 6.45) is 0.627. The molecule has 0 spiro atoms. The molecule has 2 aromatic rings. The minimum Gasteiger partial charge on any atom is -0.488 e. The summed E-state index contributed by atoms with van der Waals surface area (Å²) in [5.74, 6) is -0.0587. The smallest absolute Gasteiger partial charge is 0.254 e. The van der Waals surface area contributed by atoms with Gasteiger partial charge in [0.1, 0.15) is 17.7 Å². The fourth-order valence-electron chi connectivity index (χ4n) is 2.85.